The number of phenolic OH excluding ortho intramolecular Hbond substituents is 1. The van der Waals surface area contributed by atoms with Crippen LogP contribution < -0.4 is 4.90 Å². The summed E-state index contributed by atoms with van der Waals surface area (Å²) in [5.74, 6) is -5.94. The number of halogens is 3. The Hall–Kier alpha value is -3.23. The van der Waals surface area contributed by atoms with Crippen LogP contribution in [0.2, 0.25) is 0 Å². The maximum absolute atomic E-state index is 14.3. The summed E-state index contributed by atoms with van der Waals surface area (Å²) in [7, 11) is 0. The van der Waals surface area contributed by atoms with E-state index in [0.717, 1.165) is 17.0 Å². The van der Waals surface area contributed by atoms with E-state index in [-0.39, 0.29) is 42.6 Å². The fourth-order valence-electron chi connectivity index (χ4n) is 7.17. The predicted molar refractivity (Wildman–Crippen MR) is 146 cm³/mol. The first-order valence-corrected chi connectivity index (χ1v) is 14.1. The van der Waals surface area contributed by atoms with Crippen molar-refractivity contribution in [3.63, 3.8) is 0 Å². The molecule has 2 aliphatic heterocycles. The number of para-hydroxylation sites is 1. The highest BCUT2D eigenvalue weighted by Gasteiger charge is 2.76. The first-order chi connectivity index (χ1) is 19.0. The van der Waals surface area contributed by atoms with E-state index in [1.54, 1.807) is 25.1 Å². The van der Waals surface area contributed by atoms with Crippen LogP contribution >= 0.6 is 23.2 Å². The number of nitrogens with zero attached hydrogens (tertiary/aromatic N) is 2. The highest BCUT2D eigenvalue weighted by atomic mass is 35.5. The minimum absolute atomic E-state index is 0.0999. The number of hydrogen-bond acceptors (Lipinski definition) is 5. The topological polar surface area (TPSA) is 95.0 Å². The lowest BCUT2D eigenvalue weighted by Gasteiger charge is -2.50. The highest BCUT2D eigenvalue weighted by molar-refractivity contribution is 6.58. The lowest BCUT2D eigenvalue weighted by atomic mass is 9.56. The molecule has 2 aromatic carbocycles. The van der Waals surface area contributed by atoms with Crippen LogP contribution in [0.1, 0.15) is 43.2 Å². The van der Waals surface area contributed by atoms with Gasteiger partial charge in [-0.3, -0.25) is 24.1 Å². The van der Waals surface area contributed by atoms with Gasteiger partial charge in [0.25, 0.3) is 11.8 Å². The number of fused-ring (bicyclic) bond motifs is 4. The van der Waals surface area contributed by atoms with E-state index < -0.39 is 51.1 Å². The van der Waals surface area contributed by atoms with Gasteiger partial charge in [-0.05, 0) is 61.9 Å². The number of imide groups is 2. The van der Waals surface area contributed by atoms with Gasteiger partial charge in [0.15, 0.2) is 9.75 Å². The smallest absolute Gasteiger partial charge is 0.258 e. The van der Waals surface area contributed by atoms with Crippen molar-refractivity contribution in [2.45, 2.75) is 48.8 Å². The normalized spacial score (nSPS) is 33.2. The molecule has 0 bridgehead atoms. The van der Waals surface area contributed by atoms with E-state index in [1.165, 1.54) is 17.0 Å². The SMILES string of the molecule is CCCN1C(=O)C2CC=C3C(CC4(Cl)C(=O)N(c5ccc(F)cc5)C(=O)C4(Cl)C3c3cccc(C)c3O)C2C1=O. The van der Waals surface area contributed by atoms with Gasteiger partial charge in [0.2, 0.25) is 11.8 Å². The molecule has 10 heteroatoms. The largest absolute Gasteiger partial charge is 0.507 e. The van der Waals surface area contributed by atoms with E-state index in [2.05, 4.69) is 0 Å². The molecule has 40 heavy (non-hydrogen) atoms. The Bertz CT molecular complexity index is 1510. The number of phenols is 1. The lowest BCUT2D eigenvalue weighted by molar-refractivity contribution is -0.140. The van der Waals surface area contributed by atoms with Crippen molar-refractivity contribution in [2.24, 2.45) is 17.8 Å². The van der Waals surface area contributed by atoms with E-state index >= 15 is 0 Å². The molecule has 0 spiro atoms. The third-order valence-electron chi connectivity index (χ3n) is 9.01. The van der Waals surface area contributed by atoms with Crippen molar-refractivity contribution in [1.29, 1.82) is 0 Å². The van der Waals surface area contributed by atoms with Crippen molar-refractivity contribution >= 4 is 52.5 Å². The monoisotopic (exact) mass is 584 g/mol. The first kappa shape index (κ1) is 27.0. The third-order valence-corrected chi connectivity index (χ3v) is 10.4. The van der Waals surface area contributed by atoms with Gasteiger partial charge >= 0.3 is 0 Å². The second-order valence-electron chi connectivity index (χ2n) is 11.1. The maximum Gasteiger partial charge on any atom is 0.258 e. The molecule has 3 fully saturated rings. The molecule has 1 N–H and O–H groups in total. The highest BCUT2D eigenvalue weighted by Crippen LogP contribution is 2.66. The summed E-state index contributed by atoms with van der Waals surface area (Å²) < 4.78 is 13.7. The van der Waals surface area contributed by atoms with Gasteiger partial charge in [-0.25, -0.2) is 9.29 Å². The number of hydrogen-bond donors (Lipinski definition) is 1. The number of carbonyl (C=O) groups excluding carboxylic acids is 4. The number of anilines is 1. The molecule has 6 unspecified atom stereocenters. The number of aryl methyl sites for hydroxylation is 1. The van der Waals surface area contributed by atoms with Gasteiger partial charge in [-0.15, -0.1) is 23.2 Å². The molecule has 208 valence electrons. The quantitative estimate of drug-likeness (QED) is 0.316. The number of allylic oxidation sites excluding steroid dienone is 2. The van der Waals surface area contributed by atoms with Gasteiger partial charge in [-0.2, -0.15) is 0 Å². The Morgan fingerprint density at radius 1 is 1.00 bits per heavy atom. The molecule has 6 rings (SSSR count). The zero-order valence-corrected chi connectivity index (χ0v) is 23.4. The summed E-state index contributed by atoms with van der Waals surface area (Å²) in [4.78, 5) is 53.3. The molecule has 4 aliphatic rings. The zero-order chi connectivity index (χ0) is 28.7. The van der Waals surface area contributed by atoms with Crippen LogP contribution in [0.4, 0.5) is 10.1 Å². The summed E-state index contributed by atoms with van der Waals surface area (Å²) in [6.45, 7) is 3.87. The molecule has 4 amide bonds. The fourth-order valence-corrected chi connectivity index (χ4v) is 8.09. The van der Waals surface area contributed by atoms with E-state index in [0.29, 0.717) is 23.1 Å². The molecule has 6 atom stereocenters. The van der Waals surface area contributed by atoms with E-state index in [9.17, 15) is 28.7 Å². The first-order valence-electron chi connectivity index (χ1n) is 13.3. The van der Waals surface area contributed by atoms with Gasteiger partial charge in [0.1, 0.15) is 11.6 Å². The summed E-state index contributed by atoms with van der Waals surface area (Å²) in [5.41, 5.74) is 1.55. The number of rotatable bonds is 4. The van der Waals surface area contributed by atoms with E-state index in [1.807, 2.05) is 13.0 Å². The molecule has 2 heterocycles. The number of carbonyl (C=O) groups is 4. The van der Waals surface area contributed by atoms with Crippen molar-refractivity contribution in [2.75, 3.05) is 11.4 Å². The average molecular weight is 585 g/mol. The Morgan fingerprint density at radius 2 is 1.70 bits per heavy atom. The molecular weight excluding hydrogens is 558 g/mol. The third kappa shape index (κ3) is 3.35. The molecular formula is C30H27Cl2FN2O5. The van der Waals surface area contributed by atoms with Crippen LogP contribution in [0.15, 0.2) is 54.1 Å². The Kier molecular flexibility index (Phi) is 6.16. The second kappa shape index (κ2) is 9.14. The molecule has 0 aromatic heterocycles. The van der Waals surface area contributed by atoms with Crippen LogP contribution in [0.25, 0.3) is 0 Å². The summed E-state index contributed by atoms with van der Waals surface area (Å²) in [6, 6.07) is 9.89. The number of aromatic hydroxyl groups is 1. The minimum atomic E-state index is -2.07. The molecule has 2 aliphatic carbocycles. The Balaban J connectivity index is 1.57. The molecule has 2 aromatic rings. The van der Waals surface area contributed by atoms with Crippen LogP contribution in [0.5, 0.6) is 5.75 Å². The lowest BCUT2D eigenvalue weighted by Crippen LogP contribution is -2.60. The Morgan fingerprint density at radius 3 is 2.38 bits per heavy atom. The van der Waals surface area contributed by atoms with Gasteiger partial charge in [-0.1, -0.05) is 36.8 Å². The predicted octanol–water partition coefficient (Wildman–Crippen LogP) is 4.81. The average Bonchev–Trinajstić information content (AvgIpc) is 3.25. The van der Waals surface area contributed by atoms with E-state index in [4.69, 9.17) is 23.2 Å². The van der Waals surface area contributed by atoms with Crippen LogP contribution in [0.3, 0.4) is 0 Å². The maximum atomic E-state index is 14.3. The van der Waals surface area contributed by atoms with Crippen molar-refractivity contribution < 1.29 is 28.7 Å². The van der Waals surface area contributed by atoms with Crippen molar-refractivity contribution in [3.8, 4) is 5.75 Å². The Labute approximate surface area is 240 Å². The molecule has 1 saturated carbocycles. The standard InChI is InChI=1S/C30H27Cl2FN2O5/c1-3-13-34-25(37)19-12-11-18-21(22(19)26(34)38)14-29(31)27(39)35(17-9-7-16(33)8-10-17)28(40)30(29,32)23(18)20-6-4-5-15(2)24(20)36/h4-11,19,21-23,36H,3,12-14H2,1-2H3. The molecule has 0 radical (unpaired) electrons. The number of likely N-dealkylation sites (tertiary alicyclic amines) is 1. The number of amides is 4. The van der Waals surface area contributed by atoms with Gasteiger partial charge in [0, 0.05) is 18.0 Å². The van der Waals surface area contributed by atoms with Crippen molar-refractivity contribution in [3.05, 3.63) is 71.1 Å². The molecule has 2 saturated heterocycles. The van der Waals surface area contributed by atoms with Gasteiger partial charge < -0.3 is 5.11 Å². The van der Waals surface area contributed by atoms with Crippen LogP contribution in [-0.2, 0) is 19.2 Å². The minimum Gasteiger partial charge on any atom is -0.507 e. The number of alkyl halides is 2. The van der Waals surface area contributed by atoms with Crippen molar-refractivity contribution in [1.82, 2.24) is 4.90 Å². The van der Waals surface area contributed by atoms with Crippen LogP contribution in [0, 0.1) is 30.5 Å². The summed E-state index contributed by atoms with van der Waals surface area (Å²) in [6.07, 6.45) is 2.54. The van der Waals surface area contributed by atoms with Crippen LogP contribution in [-0.4, -0.2) is 49.9 Å². The second-order valence-corrected chi connectivity index (χ2v) is 12.3. The zero-order valence-electron chi connectivity index (χ0n) is 21.9. The fraction of sp³-hybridized carbons (Fsp3) is 0.400. The molecule has 7 nitrogen and oxygen atoms in total. The summed E-state index contributed by atoms with van der Waals surface area (Å²) >= 11 is 14.6. The van der Waals surface area contributed by atoms with Gasteiger partial charge in [0.05, 0.1) is 17.5 Å². The number of benzene rings is 2. The summed E-state index contributed by atoms with van der Waals surface area (Å²) in [5, 5.41) is 11.2.